The predicted octanol–water partition coefficient (Wildman–Crippen LogP) is 1.68. The highest BCUT2D eigenvalue weighted by atomic mass is 16.5. The second-order valence-electron chi connectivity index (χ2n) is 5.23. The van der Waals surface area contributed by atoms with Gasteiger partial charge in [0.05, 0.1) is 18.9 Å². The zero-order valence-corrected chi connectivity index (χ0v) is 12.3. The van der Waals surface area contributed by atoms with E-state index in [9.17, 15) is 4.79 Å². The number of nitrogens with one attached hydrogen (secondary N) is 1. The Morgan fingerprint density at radius 1 is 1.10 bits per heavy atom. The molecule has 0 aromatic heterocycles. The monoisotopic (exact) mass is 287 g/mol. The minimum atomic E-state index is 0.0976. The van der Waals surface area contributed by atoms with E-state index in [1.807, 2.05) is 36.2 Å². The van der Waals surface area contributed by atoms with E-state index in [-0.39, 0.29) is 5.91 Å². The van der Waals surface area contributed by atoms with Gasteiger partial charge in [-0.05, 0) is 30.7 Å². The molecule has 3 rings (SSSR count). The lowest BCUT2D eigenvalue weighted by molar-refractivity contribution is -0.117. The highest BCUT2D eigenvalue weighted by Gasteiger charge is 2.28. The van der Waals surface area contributed by atoms with Crippen LogP contribution in [0.3, 0.4) is 0 Å². The van der Waals surface area contributed by atoms with Crippen LogP contribution in [0.2, 0.25) is 0 Å². The molecule has 1 N–H and O–H groups in total. The summed E-state index contributed by atoms with van der Waals surface area (Å²) < 4.78 is 5.36. The van der Waals surface area contributed by atoms with E-state index in [2.05, 4.69) is 16.3 Å². The van der Waals surface area contributed by atoms with Crippen LogP contribution in [-0.4, -0.2) is 50.7 Å². The largest absolute Gasteiger partial charge is 0.388 e. The van der Waals surface area contributed by atoms with Crippen molar-refractivity contribution in [3.05, 3.63) is 36.0 Å². The quantitative estimate of drug-likeness (QED) is 0.919. The predicted molar refractivity (Wildman–Crippen MR) is 83.4 cm³/mol. The average molecular weight is 287 g/mol. The molecule has 0 saturated carbocycles. The molecular formula is C16H21N3O2. The summed E-state index contributed by atoms with van der Waals surface area (Å²) in [5.74, 6) is 0.0976. The van der Waals surface area contributed by atoms with Crippen molar-refractivity contribution >= 4 is 17.3 Å². The number of hydrogen-bond donors (Lipinski definition) is 1. The Morgan fingerprint density at radius 2 is 1.81 bits per heavy atom. The van der Waals surface area contributed by atoms with Crippen molar-refractivity contribution in [1.29, 1.82) is 0 Å². The maximum atomic E-state index is 12.7. The van der Waals surface area contributed by atoms with E-state index in [4.69, 9.17) is 4.74 Å². The highest BCUT2D eigenvalue weighted by molar-refractivity contribution is 6.06. The second kappa shape index (κ2) is 6.18. The lowest BCUT2D eigenvalue weighted by Crippen LogP contribution is -2.45. The third-order valence-corrected chi connectivity index (χ3v) is 3.97. The molecule has 2 aliphatic rings. The number of anilines is 2. The highest BCUT2D eigenvalue weighted by Crippen LogP contribution is 2.24. The van der Waals surface area contributed by atoms with Crippen molar-refractivity contribution < 1.29 is 9.53 Å². The normalized spacial score (nSPS) is 19.5. The molecule has 2 aliphatic heterocycles. The Balaban J connectivity index is 1.78. The van der Waals surface area contributed by atoms with Gasteiger partial charge in [-0.25, -0.2) is 0 Å². The van der Waals surface area contributed by atoms with Gasteiger partial charge in [0, 0.05) is 38.1 Å². The molecule has 2 heterocycles. The summed E-state index contributed by atoms with van der Waals surface area (Å²) in [7, 11) is 1.89. The minimum absolute atomic E-state index is 0.0976. The maximum absolute atomic E-state index is 12.7. The summed E-state index contributed by atoms with van der Waals surface area (Å²) >= 11 is 0. The van der Waals surface area contributed by atoms with Crippen LogP contribution in [0.1, 0.15) is 6.42 Å². The van der Waals surface area contributed by atoms with Crippen molar-refractivity contribution in [1.82, 2.24) is 4.90 Å². The summed E-state index contributed by atoms with van der Waals surface area (Å²) in [6, 6.07) is 7.97. The molecule has 1 amide bonds. The number of carbonyl (C=O) groups excluding carboxylic acids is 1. The molecule has 0 radical (unpaired) electrons. The van der Waals surface area contributed by atoms with Crippen molar-refractivity contribution in [2.75, 3.05) is 50.1 Å². The molecule has 112 valence electrons. The Morgan fingerprint density at radius 3 is 2.48 bits per heavy atom. The van der Waals surface area contributed by atoms with Gasteiger partial charge < -0.3 is 19.9 Å². The Hall–Kier alpha value is -2.01. The van der Waals surface area contributed by atoms with Crippen LogP contribution >= 0.6 is 0 Å². The fraction of sp³-hybridized carbons (Fsp3) is 0.438. The Bertz CT molecular complexity index is 533. The molecule has 0 bridgehead atoms. The van der Waals surface area contributed by atoms with Crippen LogP contribution in [0.4, 0.5) is 11.4 Å². The van der Waals surface area contributed by atoms with Gasteiger partial charge in [-0.3, -0.25) is 4.79 Å². The number of carbonyl (C=O) groups is 1. The van der Waals surface area contributed by atoms with Crippen LogP contribution in [0, 0.1) is 0 Å². The molecule has 1 aromatic rings. The number of morpholine rings is 1. The number of ether oxygens (including phenoxy) is 1. The topological polar surface area (TPSA) is 44.8 Å². The fourth-order valence-corrected chi connectivity index (χ4v) is 2.78. The van der Waals surface area contributed by atoms with Crippen LogP contribution < -0.4 is 10.2 Å². The summed E-state index contributed by atoms with van der Waals surface area (Å²) in [5.41, 5.74) is 2.83. The first-order valence-electron chi connectivity index (χ1n) is 7.42. The van der Waals surface area contributed by atoms with Gasteiger partial charge >= 0.3 is 0 Å². The number of benzene rings is 1. The van der Waals surface area contributed by atoms with Crippen molar-refractivity contribution in [3.63, 3.8) is 0 Å². The molecule has 0 spiro atoms. The van der Waals surface area contributed by atoms with E-state index < -0.39 is 0 Å². The molecule has 1 aromatic carbocycles. The number of hydrogen-bond acceptors (Lipinski definition) is 4. The first-order valence-corrected chi connectivity index (χ1v) is 7.42. The maximum Gasteiger partial charge on any atom is 0.274 e. The standard InChI is InChI=1S/C16H21N3O2/c1-17-13-4-6-14(7-5-13)19-8-2-3-15(16(19)20)18-9-11-21-12-10-18/h3-7,17H,2,8-12H2,1H3. The number of nitrogens with zero attached hydrogens (tertiary/aromatic N) is 2. The molecule has 5 nitrogen and oxygen atoms in total. The molecular weight excluding hydrogens is 266 g/mol. The van der Waals surface area contributed by atoms with Gasteiger partial charge in [-0.2, -0.15) is 0 Å². The first-order chi connectivity index (χ1) is 10.3. The molecule has 5 heteroatoms. The van der Waals surface area contributed by atoms with Gasteiger partial charge in [-0.15, -0.1) is 0 Å². The van der Waals surface area contributed by atoms with Gasteiger partial charge in [0.2, 0.25) is 0 Å². The summed E-state index contributed by atoms with van der Waals surface area (Å²) in [4.78, 5) is 16.7. The Kier molecular flexibility index (Phi) is 4.10. The van der Waals surface area contributed by atoms with Crippen molar-refractivity contribution in [2.24, 2.45) is 0 Å². The fourth-order valence-electron chi connectivity index (χ4n) is 2.78. The molecule has 1 saturated heterocycles. The SMILES string of the molecule is CNc1ccc(N2CCC=C(N3CCOCC3)C2=O)cc1. The van der Waals surface area contributed by atoms with Crippen LogP contribution in [0.5, 0.6) is 0 Å². The zero-order valence-electron chi connectivity index (χ0n) is 12.3. The van der Waals surface area contributed by atoms with E-state index in [0.717, 1.165) is 43.1 Å². The van der Waals surface area contributed by atoms with Gasteiger partial charge in [0.25, 0.3) is 5.91 Å². The van der Waals surface area contributed by atoms with Gasteiger partial charge in [0.1, 0.15) is 0 Å². The van der Waals surface area contributed by atoms with Gasteiger partial charge in [-0.1, -0.05) is 6.08 Å². The molecule has 0 unspecified atom stereocenters. The van der Waals surface area contributed by atoms with E-state index in [0.29, 0.717) is 13.2 Å². The van der Waals surface area contributed by atoms with Crippen molar-refractivity contribution in [3.8, 4) is 0 Å². The summed E-state index contributed by atoms with van der Waals surface area (Å²) in [5, 5.41) is 3.09. The van der Waals surface area contributed by atoms with Crippen LogP contribution in [0.25, 0.3) is 0 Å². The second-order valence-corrected chi connectivity index (χ2v) is 5.23. The minimum Gasteiger partial charge on any atom is -0.388 e. The van der Waals surface area contributed by atoms with Crippen LogP contribution in [0.15, 0.2) is 36.0 Å². The number of rotatable bonds is 3. The third kappa shape index (κ3) is 2.88. The van der Waals surface area contributed by atoms with E-state index in [1.54, 1.807) is 0 Å². The van der Waals surface area contributed by atoms with E-state index in [1.165, 1.54) is 0 Å². The molecule has 1 fully saturated rings. The number of amides is 1. The van der Waals surface area contributed by atoms with Crippen molar-refractivity contribution in [2.45, 2.75) is 6.42 Å². The third-order valence-electron chi connectivity index (χ3n) is 3.97. The average Bonchev–Trinajstić information content (AvgIpc) is 2.56. The molecule has 0 aliphatic carbocycles. The van der Waals surface area contributed by atoms with Gasteiger partial charge in [0.15, 0.2) is 0 Å². The smallest absolute Gasteiger partial charge is 0.274 e. The summed E-state index contributed by atoms with van der Waals surface area (Å²) in [6.07, 6.45) is 2.96. The Labute approximate surface area is 125 Å². The lowest BCUT2D eigenvalue weighted by Gasteiger charge is -2.35. The zero-order chi connectivity index (χ0) is 14.7. The lowest BCUT2D eigenvalue weighted by atomic mass is 10.1. The van der Waals surface area contributed by atoms with E-state index >= 15 is 0 Å². The molecule has 0 atom stereocenters. The first kappa shape index (κ1) is 13.9. The molecule has 21 heavy (non-hydrogen) atoms. The van der Waals surface area contributed by atoms with Crippen LogP contribution in [-0.2, 0) is 9.53 Å². The summed E-state index contributed by atoms with van der Waals surface area (Å²) in [6.45, 7) is 3.72.